The van der Waals surface area contributed by atoms with Gasteiger partial charge in [-0.1, -0.05) is 6.58 Å². The Balaban J connectivity index is 0.00000361. The van der Waals surface area contributed by atoms with Gasteiger partial charge in [0.1, 0.15) is 13.2 Å². The minimum absolute atomic E-state index is 0. The van der Waals surface area contributed by atoms with Crippen molar-refractivity contribution in [1.29, 1.82) is 0 Å². The molecule has 0 saturated carbocycles. The molecular weight excluding hydrogens is 284 g/mol. The average molecular weight is 309 g/mol. The van der Waals surface area contributed by atoms with Gasteiger partial charge in [-0.25, -0.2) is 4.79 Å². The molecule has 1 aliphatic rings. The number of halogens is 1. The molecule has 0 unspecified atom stereocenters. The number of carbonyl (C=O) groups is 1. The highest BCUT2D eigenvalue weighted by Gasteiger charge is 2.31. The highest BCUT2D eigenvalue weighted by Crippen LogP contribution is 2.19. The predicted molar refractivity (Wildman–Crippen MR) is 71.3 cm³/mol. The van der Waals surface area contributed by atoms with Gasteiger partial charge in [-0.3, -0.25) is 9.37 Å². The molecule has 0 radical (unpaired) electrons. The third-order valence-electron chi connectivity index (χ3n) is 3.28. The standard InChI is InChI=1S/C13H25N2O4.ClH/c1-12(2)13(16)19-18-10-9-14(3,4)11-15(17)7-5-6-8-15;/h1,5-11H2,2-4H3;1H/q+1;/p-1. The van der Waals surface area contributed by atoms with Crippen LogP contribution in [0.5, 0.6) is 0 Å². The summed E-state index contributed by atoms with van der Waals surface area (Å²) >= 11 is 0. The van der Waals surface area contributed by atoms with Crippen LogP contribution in [0.3, 0.4) is 0 Å². The molecule has 0 amide bonds. The molecule has 0 bridgehead atoms. The van der Waals surface area contributed by atoms with Gasteiger partial charge < -0.3 is 22.3 Å². The molecule has 0 spiro atoms. The molecule has 1 heterocycles. The summed E-state index contributed by atoms with van der Waals surface area (Å²) in [5.74, 6) is -0.558. The topological polar surface area (TPSA) is 58.6 Å². The van der Waals surface area contributed by atoms with Crippen LogP contribution in [0.2, 0.25) is 0 Å². The third-order valence-corrected chi connectivity index (χ3v) is 3.28. The number of carbonyl (C=O) groups excluding carboxylic acids is 1. The SMILES string of the molecule is C=C(C)C(=O)OOCC[N+](C)(C)C[N+]1([O-])CCCC1.[Cl-]. The Kier molecular flexibility index (Phi) is 7.69. The summed E-state index contributed by atoms with van der Waals surface area (Å²) < 4.78 is 0.423. The van der Waals surface area contributed by atoms with Crippen molar-refractivity contribution in [2.24, 2.45) is 0 Å². The summed E-state index contributed by atoms with van der Waals surface area (Å²) in [6.45, 7) is 7.83. The van der Waals surface area contributed by atoms with Crippen LogP contribution in [0.25, 0.3) is 0 Å². The molecule has 118 valence electrons. The van der Waals surface area contributed by atoms with Gasteiger partial charge in [-0.05, 0) is 6.92 Å². The zero-order valence-electron chi connectivity index (χ0n) is 12.6. The average Bonchev–Trinajstić information content (AvgIpc) is 2.69. The Morgan fingerprint density at radius 3 is 2.40 bits per heavy atom. The third kappa shape index (κ3) is 6.67. The predicted octanol–water partition coefficient (Wildman–Crippen LogP) is -1.82. The van der Waals surface area contributed by atoms with Gasteiger partial charge in [0.25, 0.3) is 0 Å². The zero-order chi connectivity index (χ0) is 14.5. The van der Waals surface area contributed by atoms with Crippen molar-refractivity contribution in [3.05, 3.63) is 17.4 Å². The summed E-state index contributed by atoms with van der Waals surface area (Å²) in [6, 6.07) is 0. The van der Waals surface area contributed by atoms with Gasteiger partial charge in [0.2, 0.25) is 6.67 Å². The highest BCUT2D eigenvalue weighted by atomic mass is 35.5. The van der Waals surface area contributed by atoms with Crippen LogP contribution in [-0.4, -0.2) is 62.1 Å². The monoisotopic (exact) mass is 308 g/mol. The number of likely N-dealkylation sites (N-methyl/N-ethyl adjacent to an activating group) is 1. The summed E-state index contributed by atoms with van der Waals surface area (Å²) in [5, 5.41) is 12.3. The zero-order valence-corrected chi connectivity index (χ0v) is 13.3. The Morgan fingerprint density at radius 1 is 1.35 bits per heavy atom. The lowest BCUT2D eigenvalue weighted by molar-refractivity contribution is -1.06. The molecule has 1 fully saturated rings. The Morgan fingerprint density at radius 2 is 1.90 bits per heavy atom. The maximum Gasteiger partial charge on any atom is 0.368 e. The second kappa shape index (κ2) is 7.95. The van der Waals surface area contributed by atoms with Gasteiger partial charge >= 0.3 is 5.97 Å². The van der Waals surface area contributed by atoms with Crippen LogP contribution in [-0.2, 0) is 14.6 Å². The Hall–Kier alpha value is -0.660. The second-order valence-corrected chi connectivity index (χ2v) is 5.99. The van der Waals surface area contributed by atoms with E-state index in [4.69, 9.17) is 4.89 Å². The first-order valence-corrected chi connectivity index (χ1v) is 6.63. The van der Waals surface area contributed by atoms with Gasteiger partial charge in [-0.2, -0.15) is 4.89 Å². The van der Waals surface area contributed by atoms with E-state index in [-0.39, 0.29) is 23.7 Å². The lowest BCUT2D eigenvalue weighted by atomic mass is 10.4. The molecule has 0 atom stereocenters. The Bertz CT molecular complexity index is 341. The molecule has 0 N–H and O–H groups in total. The molecule has 6 nitrogen and oxygen atoms in total. The van der Waals surface area contributed by atoms with E-state index < -0.39 is 5.97 Å². The fourth-order valence-corrected chi connectivity index (χ4v) is 2.27. The van der Waals surface area contributed by atoms with Crippen molar-refractivity contribution in [3.63, 3.8) is 0 Å². The van der Waals surface area contributed by atoms with Crippen molar-refractivity contribution in [1.82, 2.24) is 0 Å². The summed E-state index contributed by atoms with van der Waals surface area (Å²) in [5.41, 5.74) is 0.301. The van der Waals surface area contributed by atoms with Crippen LogP contribution < -0.4 is 12.4 Å². The molecule has 1 aliphatic heterocycles. The number of nitrogens with zero attached hydrogens (tertiary/aromatic N) is 2. The molecule has 7 heteroatoms. The van der Waals surface area contributed by atoms with Crippen LogP contribution >= 0.6 is 0 Å². The van der Waals surface area contributed by atoms with Crippen molar-refractivity contribution in [3.8, 4) is 0 Å². The smallest absolute Gasteiger partial charge is 0.368 e. The van der Waals surface area contributed by atoms with E-state index in [2.05, 4.69) is 11.5 Å². The van der Waals surface area contributed by atoms with E-state index in [9.17, 15) is 10.0 Å². The minimum Gasteiger partial charge on any atom is -1.00 e. The number of likely N-dealkylation sites (tertiary alicyclic amines) is 1. The first kappa shape index (κ1) is 19.3. The summed E-state index contributed by atoms with van der Waals surface area (Å²) in [6.07, 6.45) is 2.02. The first-order chi connectivity index (χ1) is 8.74. The molecule has 0 aromatic carbocycles. The van der Waals surface area contributed by atoms with E-state index in [1.165, 1.54) is 0 Å². The molecule has 0 aromatic heterocycles. The highest BCUT2D eigenvalue weighted by molar-refractivity contribution is 5.86. The minimum atomic E-state index is -0.558. The van der Waals surface area contributed by atoms with E-state index in [0.29, 0.717) is 36.4 Å². The maximum absolute atomic E-state index is 12.3. The van der Waals surface area contributed by atoms with Crippen molar-refractivity contribution in [2.45, 2.75) is 19.8 Å². The number of hydroxylamine groups is 3. The van der Waals surface area contributed by atoms with Crippen LogP contribution in [0, 0.1) is 5.21 Å². The molecule has 1 saturated heterocycles. The van der Waals surface area contributed by atoms with Crippen molar-refractivity contribution >= 4 is 5.97 Å². The number of hydrogen-bond acceptors (Lipinski definition) is 4. The second-order valence-electron chi connectivity index (χ2n) is 5.99. The molecule has 1 rings (SSSR count). The fraction of sp³-hybridized carbons (Fsp3) is 0.769. The van der Waals surface area contributed by atoms with E-state index in [1.54, 1.807) is 6.92 Å². The maximum atomic E-state index is 12.3. The van der Waals surface area contributed by atoms with Gasteiger partial charge in [0, 0.05) is 18.4 Å². The van der Waals surface area contributed by atoms with Crippen molar-refractivity contribution in [2.75, 3.05) is 47.0 Å². The van der Waals surface area contributed by atoms with E-state index >= 15 is 0 Å². The lowest BCUT2D eigenvalue weighted by Crippen LogP contribution is -3.00. The Labute approximate surface area is 127 Å². The number of quaternary nitrogens is 2. The largest absolute Gasteiger partial charge is 1.00 e. The van der Waals surface area contributed by atoms with E-state index in [1.807, 2.05) is 14.1 Å². The van der Waals surface area contributed by atoms with Crippen LogP contribution in [0.1, 0.15) is 19.8 Å². The van der Waals surface area contributed by atoms with Crippen molar-refractivity contribution < 1.29 is 36.1 Å². The molecular formula is C13H25ClN2O4. The lowest BCUT2D eigenvalue weighted by Gasteiger charge is -2.43. The molecule has 0 aromatic rings. The van der Waals surface area contributed by atoms with Gasteiger partial charge in [0.15, 0.2) is 0 Å². The molecule has 20 heavy (non-hydrogen) atoms. The van der Waals surface area contributed by atoms with Crippen LogP contribution in [0.15, 0.2) is 12.2 Å². The normalized spacial score (nSPS) is 17.4. The summed E-state index contributed by atoms with van der Waals surface area (Å²) in [4.78, 5) is 20.5. The van der Waals surface area contributed by atoms with Crippen LogP contribution in [0.4, 0.5) is 0 Å². The fourth-order valence-electron chi connectivity index (χ4n) is 2.27. The molecule has 0 aliphatic carbocycles. The number of rotatable bonds is 7. The number of hydrogen-bond donors (Lipinski definition) is 0. The van der Waals surface area contributed by atoms with E-state index in [0.717, 1.165) is 12.8 Å². The van der Waals surface area contributed by atoms with Gasteiger partial charge in [0.05, 0.1) is 27.2 Å². The summed E-state index contributed by atoms with van der Waals surface area (Å²) in [7, 11) is 3.97. The quantitative estimate of drug-likeness (QED) is 0.139. The first-order valence-electron chi connectivity index (χ1n) is 6.63. The van der Waals surface area contributed by atoms with Gasteiger partial charge in [-0.15, -0.1) is 0 Å².